The minimum Gasteiger partial charge on any atom is -0.380 e. The highest BCUT2D eigenvalue weighted by Crippen LogP contribution is 2.16. The van der Waals surface area contributed by atoms with Gasteiger partial charge in [-0.25, -0.2) is 4.98 Å². The molecule has 1 saturated heterocycles. The normalized spacial score (nSPS) is 16.4. The molecule has 0 amide bonds. The second kappa shape index (κ2) is 6.54. The second-order valence-electron chi connectivity index (χ2n) is 4.57. The first-order valence-electron chi connectivity index (χ1n) is 6.72. The smallest absolute Gasteiger partial charge is 0.224 e. The second-order valence-corrected chi connectivity index (χ2v) is 4.57. The van der Waals surface area contributed by atoms with Crippen LogP contribution in [0.5, 0.6) is 0 Å². The maximum Gasteiger partial charge on any atom is 0.224 e. The lowest BCUT2D eigenvalue weighted by Crippen LogP contribution is -2.27. The van der Waals surface area contributed by atoms with Crippen molar-refractivity contribution < 1.29 is 4.74 Å². The molecular weight excluding hydrogens is 228 g/mol. The molecule has 5 heteroatoms. The van der Waals surface area contributed by atoms with Crippen molar-refractivity contribution in [1.29, 1.82) is 0 Å². The summed E-state index contributed by atoms with van der Waals surface area (Å²) in [6.07, 6.45) is 2.13. The average molecular weight is 250 g/mol. The monoisotopic (exact) mass is 250 g/mol. The summed E-state index contributed by atoms with van der Waals surface area (Å²) in [6, 6.07) is 2.04. The van der Waals surface area contributed by atoms with Crippen molar-refractivity contribution in [3.05, 3.63) is 11.8 Å². The van der Waals surface area contributed by atoms with Crippen molar-refractivity contribution in [3.63, 3.8) is 0 Å². The fourth-order valence-electron chi connectivity index (χ4n) is 2.00. The largest absolute Gasteiger partial charge is 0.380 e. The number of hydrogen-bond acceptors (Lipinski definition) is 5. The van der Waals surface area contributed by atoms with Crippen molar-refractivity contribution in [2.45, 2.75) is 26.7 Å². The van der Waals surface area contributed by atoms with Crippen molar-refractivity contribution in [2.24, 2.45) is 0 Å². The number of hydrogen-bond donors (Lipinski definition) is 1. The molecule has 1 aromatic heterocycles. The molecule has 5 nitrogen and oxygen atoms in total. The Morgan fingerprint density at radius 2 is 2.22 bits per heavy atom. The maximum atomic E-state index is 5.47. The molecule has 0 aliphatic carbocycles. The molecule has 2 rings (SSSR count). The Morgan fingerprint density at radius 3 is 3.06 bits per heavy atom. The van der Waals surface area contributed by atoms with E-state index in [0.29, 0.717) is 0 Å². The number of ether oxygens (including phenoxy) is 1. The van der Waals surface area contributed by atoms with Gasteiger partial charge in [0.1, 0.15) is 5.82 Å². The van der Waals surface area contributed by atoms with Gasteiger partial charge in [0, 0.05) is 38.0 Å². The van der Waals surface area contributed by atoms with Crippen LogP contribution >= 0.6 is 0 Å². The van der Waals surface area contributed by atoms with Gasteiger partial charge < -0.3 is 15.0 Å². The van der Waals surface area contributed by atoms with Crippen LogP contribution in [0.15, 0.2) is 6.07 Å². The number of aromatic nitrogens is 2. The molecule has 1 aliphatic heterocycles. The maximum absolute atomic E-state index is 5.47. The molecule has 1 fully saturated rings. The minimum atomic E-state index is 0.733. The van der Waals surface area contributed by atoms with E-state index in [1.165, 1.54) is 0 Å². The standard InChI is InChI=1S/C13H22N4O/c1-3-5-14-13-15-11(2)10-12(16-13)17-6-4-8-18-9-7-17/h10H,3-9H2,1-2H3,(H,14,15,16). The summed E-state index contributed by atoms with van der Waals surface area (Å²) in [4.78, 5) is 11.3. The molecule has 18 heavy (non-hydrogen) atoms. The average Bonchev–Trinajstić information content (AvgIpc) is 2.64. The van der Waals surface area contributed by atoms with Gasteiger partial charge in [-0.05, 0) is 19.8 Å². The Morgan fingerprint density at radius 1 is 1.33 bits per heavy atom. The van der Waals surface area contributed by atoms with Crippen molar-refractivity contribution in [2.75, 3.05) is 43.1 Å². The zero-order valence-electron chi connectivity index (χ0n) is 11.3. The van der Waals surface area contributed by atoms with Gasteiger partial charge in [-0.2, -0.15) is 4.98 Å². The van der Waals surface area contributed by atoms with E-state index in [-0.39, 0.29) is 0 Å². The molecule has 1 N–H and O–H groups in total. The molecule has 0 radical (unpaired) electrons. The van der Waals surface area contributed by atoms with Crippen LogP contribution < -0.4 is 10.2 Å². The molecule has 1 aliphatic rings. The van der Waals surface area contributed by atoms with Gasteiger partial charge in [-0.15, -0.1) is 0 Å². The number of nitrogens with one attached hydrogen (secondary N) is 1. The summed E-state index contributed by atoms with van der Waals surface area (Å²) in [5.74, 6) is 1.74. The highest BCUT2D eigenvalue weighted by Gasteiger charge is 2.12. The van der Waals surface area contributed by atoms with Crippen molar-refractivity contribution in [1.82, 2.24) is 9.97 Å². The Hall–Kier alpha value is -1.36. The van der Waals surface area contributed by atoms with Crippen molar-refractivity contribution >= 4 is 11.8 Å². The summed E-state index contributed by atoms with van der Waals surface area (Å²) in [5, 5.41) is 3.25. The van der Waals surface area contributed by atoms with Crippen LogP contribution in [0.2, 0.25) is 0 Å². The summed E-state index contributed by atoms with van der Waals surface area (Å²) in [6.45, 7) is 8.59. The molecule has 0 aromatic carbocycles. The number of nitrogens with zero attached hydrogens (tertiary/aromatic N) is 3. The number of aryl methyl sites for hydroxylation is 1. The quantitative estimate of drug-likeness (QED) is 0.883. The van der Waals surface area contributed by atoms with Crippen LogP contribution in [0, 0.1) is 6.92 Å². The lowest BCUT2D eigenvalue weighted by atomic mass is 10.3. The van der Waals surface area contributed by atoms with Crippen LogP contribution in [-0.4, -0.2) is 42.8 Å². The molecule has 0 saturated carbocycles. The van der Waals surface area contributed by atoms with Crippen molar-refractivity contribution in [3.8, 4) is 0 Å². The van der Waals surface area contributed by atoms with E-state index >= 15 is 0 Å². The zero-order chi connectivity index (χ0) is 12.8. The lowest BCUT2D eigenvalue weighted by Gasteiger charge is -2.21. The third-order valence-corrected chi connectivity index (χ3v) is 2.92. The van der Waals surface area contributed by atoms with Gasteiger partial charge in [-0.1, -0.05) is 6.92 Å². The van der Waals surface area contributed by atoms with Crippen LogP contribution in [0.3, 0.4) is 0 Å². The molecule has 0 unspecified atom stereocenters. The fourth-order valence-corrected chi connectivity index (χ4v) is 2.00. The van der Waals surface area contributed by atoms with Gasteiger partial charge >= 0.3 is 0 Å². The summed E-state index contributed by atoms with van der Waals surface area (Å²) in [7, 11) is 0. The third kappa shape index (κ3) is 3.57. The Bertz CT molecular complexity index is 375. The first-order valence-corrected chi connectivity index (χ1v) is 6.72. The summed E-state index contributed by atoms with van der Waals surface area (Å²) >= 11 is 0. The van der Waals surface area contributed by atoms with Gasteiger partial charge in [0.05, 0.1) is 6.61 Å². The molecule has 0 bridgehead atoms. The van der Waals surface area contributed by atoms with E-state index in [4.69, 9.17) is 4.74 Å². The van der Waals surface area contributed by atoms with E-state index in [2.05, 4.69) is 27.1 Å². The minimum absolute atomic E-state index is 0.733. The highest BCUT2D eigenvalue weighted by atomic mass is 16.5. The SMILES string of the molecule is CCCNc1nc(C)cc(N2CCCOCC2)n1. The molecule has 2 heterocycles. The Balaban J connectivity index is 2.12. The van der Waals surface area contributed by atoms with E-state index in [1.54, 1.807) is 0 Å². The van der Waals surface area contributed by atoms with Gasteiger partial charge in [0.15, 0.2) is 0 Å². The lowest BCUT2D eigenvalue weighted by molar-refractivity contribution is 0.152. The first-order chi connectivity index (χ1) is 8.79. The molecule has 0 atom stereocenters. The Kier molecular flexibility index (Phi) is 4.75. The topological polar surface area (TPSA) is 50.3 Å². The first kappa shape index (κ1) is 13.1. The molecule has 1 aromatic rings. The summed E-state index contributed by atoms with van der Waals surface area (Å²) in [5.41, 5.74) is 1.00. The predicted octanol–water partition coefficient (Wildman–Crippen LogP) is 1.83. The fraction of sp³-hybridized carbons (Fsp3) is 0.692. The highest BCUT2D eigenvalue weighted by molar-refractivity contribution is 5.44. The van der Waals surface area contributed by atoms with E-state index in [0.717, 1.165) is 63.1 Å². The molecular formula is C13H22N4O. The summed E-state index contributed by atoms with van der Waals surface area (Å²) < 4.78 is 5.47. The van der Waals surface area contributed by atoms with E-state index in [1.807, 2.05) is 13.0 Å². The van der Waals surface area contributed by atoms with Gasteiger partial charge in [-0.3, -0.25) is 0 Å². The number of anilines is 2. The van der Waals surface area contributed by atoms with Gasteiger partial charge in [0.2, 0.25) is 5.95 Å². The van der Waals surface area contributed by atoms with Crippen LogP contribution in [-0.2, 0) is 4.74 Å². The third-order valence-electron chi connectivity index (χ3n) is 2.92. The predicted molar refractivity (Wildman–Crippen MR) is 73.2 cm³/mol. The van der Waals surface area contributed by atoms with Crippen LogP contribution in [0.4, 0.5) is 11.8 Å². The van der Waals surface area contributed by atoms with Crippen LogP contribution in [0.25, 0.3) is 0 Å². The van der Waals surface area contributed by atoms with E-state index in [9.17, 15) is 0 Å². The van der Waals surface area contributed by atoms with E-state index < -0.39 is 0 Å². The Labute approximate surface area is 109 Å². The zero-order valence-corrected chi connectivity index (χ0v) is 11.3. The van der Waals surface area contributed by atoms with Gasteiger partial charge in [0.25, 0.3) is 0 Å². The molecule has 100 valence electrons. The number of rotatable bonds is 4. The molecule has 0 spiro atoms. The van der Waals surface area contributed by atoms with Crippen LogP contribution in [0.1, 0.15) is 25.5 Å².